The predicted molar refractivity (Wildman–Crippen MR) is 77.3 cm³/mol. The third-order valence-corrected chi connectivity index (χ3v) is 6.24. The summed E-state index contributed by atoms with van der Waals surface area (Å²) in [6, 6.07) is 7.64. The lowest BCUT2D eigenvalue weighted by Crippen LogP contribution is -2.29. The Kier molecular flexibility index (Phi) is 4.09. The number of hydrogen-bond acceptors (Lipinski definition) is 3. The van der Waals surface area contributed by atoms with Crippen molar-refractivity contribution in [3.63, 3.8) is 0 Å². The Morgan fingerprint density at radius 2 is 1.88 bits per heavy atom. The van der Waals surface area contributed by atoms with Gasteiger partial charge in [0.1, 0.15) is 6.10 Å². The van der Waals surface area contributed by atoms with Gasteiger partial charge in [-0.25, -0.2) is 0 Å². The molecule has 90 valence electrons. The number of terminal acetylenes is 1. The van der Waals surface area contributed by atoms with Crippen LogP contribution in [0.15, 0.2) is 24.3 Å². The second-order valence-corrected chi connectivity index (χ2v) is 7.58. The first-order valence-electron chi connectivity index (χ1n) is 5.68. The normalized spacial score (nSPS) is 20.5. The van der Waals surface area contributed by atoms with E-state index in [0.29, 0.717) is 0 Å². The van der Waals surface area contributed by atoms with Crippen molar-refractivity contribution in [3.05, 3.63) is 35.4 Å². The van der Waals surface area contributed by atoms with E-state index in [4.69, 9.17) is 6.42 Å². The molecule has 0 aliphatic carbocycles. The molecule has 1 N–H and O–H groups in total. The summed E-state index contributed by atoms with van der Waals surface area (Å²) in [7, 11) is 0. The molecule has 1 unspecified atom stereocenters. The molecule has 0 radical (unpaired) electrons. The zero-order valence-electron chi connectivity index (χ0n) is 9.85. The minimum atomic E-state index is -0.440. The lowest BCUT2D eigenvalue weighted by molar-refractivity contribution is 0.169. The lowest BCUT2D eigenvalue weighted by Gasteiger charge is -2.36. The van der Waals surface area contributed by atoms with Gasteiger partial charge in [-0.15, -0.1) is 29.9 Å². The molecule has 1 aliphatic rings. The minimum absolute atomic E-state index is 0.129. The van der Waals surface area contributed by atoms with Crippen LogP contribution in [0.2, 0.25) is 0 Å². The minimum Gasteiger partial charge on any atom is -0.386 e. The Labute approximate surface area is 111 Å². The number of aliphatic hydroxyl groups is 1. The average Bonchev–Trinajstić information content (AvgIpc) is 2.39. The summed E-state index contributed by atoms with van der Waals surface area (Å²) in [5, 5.41) is 10.5. The zero-order valence-corrected chi connectivity index (χ0v) is 11.5. The summed E-state index contributed by atoms with van der Waals surface area (Å²) in [6.45, 7) is 2.13. The molecule has 1 heterocycles. The molecular weight excluding hydrogens is 248 g/mol. The van der Waals surface area contributed by atoms with Crippen LogP contribution in [-0.2, 0) is 0 Å². The maximum absolute atomic E-state index is 10.5. The Bertz CT molecular complexity index is 413. The van der Waals surface area contributed by atoms with Gasteiger partial charge in [-0.2, -0.15) is 0 Å². The molecule has 2 rings (SSSR count). The first kappa shape index (κ1) is 12.9. The van der Waals surface area contributed by atoms with Crippen LogP contribution >= 0.6 is 23.5 Å². The first-order valence-corrected chi connectivity index (χ1v) is 7.65. The molecule has 1 saturated heterocycles. The maximum atomic E-state index is 10.5. The van der Waals surface area contributed by atoms with E-state index in [9.17, 15) is 5.11 Å². The Morgan fingerprint density at radius 3 is 2.41 bits per heavy atom. The fraction of sp³-hybridized carbons (Fsp3) is 0.429. The summed E-state index contributed by atoms with van der Waals surface area (Å²) in [4.78, 5) is 0. The van der Waals surface area contributed by atoms with Crippen molar-refractivity contribution in [1.82, 2.24) is 0 Å². The first-order chi connectivity index (χ1) is 8.15. The highest BCUT2D eigenvalue weighted by Gasteiger charge is 2.36. The summed E-state index contributed by atoms with van der Waals surface area (Å²) in [6.07, 6.45) is 6.11. The van der Waals surface area contributed by atoms with Crippen molar-refractivity contribution in [1.29, 1.82) is 0 Å². The fourth-order valence-electron chi connectivity index (χ4n) is 1.87. The molecule has 3 heteroatoms. The molecule has 1 aromatic carbocycles. The van der Waals surface area contributed by atoms with Crippen LogP contribution in [0.4, 0.5) is 0 Å². The van der Waals surface area contributed by atoms with E-state index >= 15 is 0 Å². The van der Waals surface area contributed by atoms with Gasteiger partial charge in [-0.1, -0.05) is 18.1 Å². The summed E-state index contributed by atoms with van der Waals surface area (Å²) in [5.41, 5.74) is 1.81. The molecule has 17 heavy (non-hydrogen) atoms. The molecule has 1 fully saturated rings. The maximum Gasteiger partial charge on any atom is 0.102 e. The van der Waals surface area contributed by atoms with E-state index < -0.39 is 6.10 Å². The number of hydrogen-bond donors (Lipinski definition) is 1. The highest BCUT2D eigenvalue weighted by molar-refractivity contribution is 8.18. The Morgan fingerprint density at radius 1 is 1.29 bits per heavy atom. The number of benzene rings is 1. The van der Waals surface area contributed by atoms with Crippen molar-refractivity contribution in [2.45, 2.75) is 23.5 Å². The third-order valence-electron chi connectivity index (χ3n) is 2.96. The molecule has 0 bridgehead atoms. The van der Waals surface area contributed by atoms with Gasteiger partial charge in [-0.3, -0.25) is 0 Å². The molecule has 0 spiro atoms. The van der Waals surface area contributed by atoms with Crippen LogP contribution in [0.25, 0.3) is 0 Å². The predicted octanol–water partition coefficient (Wildman–Crippen LogP) is 3.29. The summed E-state index contributed by atoms with van der Waals surface area (Å²) >= 11 is 3.70. The molecular formula is C14H16OS2. The van der Waals surface area contributed by atoms with Crippen LogP contribution < -0.4 is 0 Å². The fourth-order valence-corrected chi connectivity index (χ4v) is 4.86. The van der Waals surface area contributed by atoms with Crippen LogP contribution in [0, 0.1) is 12.3 Å². The zero-order chi connectivity index (χ0) is 12.3. The third kappa shape index (κ3) is 2.82. The molecule has 0 saturated carbocycles. The Balaban J connectivity index is 2.18. The summed E-state index contributed by atoms with van der Waals surface area (Å²) < 4.78 is -0.129. The summed E-state index contributed by atoms with van der Waals surface area (Å²) in [5.74, 6) is 4.85. The monoisotopic (exact) mass is 264 g/mol. The Hall–Kier alpha value is -0.560. The van der Waals surface area contributed by atoms with E-state index in [0.717, 1.165) is 22.6 Å². The van der Waals surface area contributed by atoms with Crippen molar-refractivity contribution < 1.29 is 5.11 Å². The highest BCUT2D eigenvalue weighted by Crippen LogP contribution is 2.49. The van der Waals surface area contributed by atoms with E-state index in [1.54, 1.807) is 0 Å². The molecule has 0 aromatic heterocycles. The molecule has 1 aromatic rings. The van der Waals surface area contributed by atoms with Crippen LogP contribution in [0.5, 0.6) is 0 Å². The van der Waals surface area contributed by atoms with Gasteiger partial charge < -0.3 is 5.11 Å². The van der Waals surface area contributed by atoms with Gasteiger partial charge in [0.15, 0.2) is 0 Å². The van der Waals surface area contributed by atoms with Crippen molar-refractivity contribution in [2.75, 3.05) is 11.5 Å². The standard InChI is InChI=1S/C14H16OS2/c1-3-11-5-7-12(8-6-11)13(15)14(2)16-9-4-10-17-14/h1,5-8,13,15H,4,9-10H2,2H3. The number of thioether (sulfide) groups is 2. The van der Waals surface area contributed by atoms with E-state index in [2.05, 4.69) is 12.8 Å². The second-order valence-electron chi connectivity index (χ2n) is 4.24. The van der Waals surface area contributed by atoms with Crippen molar-refractivity contribution in [2.24, 2.45) is 0 Å². The van der Waals surface area contributed by atoms with E-state index in [1.807, 2.05) is 47.8 Å². The second kappa shape index (κ2) is 5.39. The van der Waals surface area contributed by atoms with Gasteiger partial charge >= 0.3 is 0 Å². The van der Waals surface area contributed by atoms with E-state index in [-0.39, 0.29) is 4.08 Å². The molecule has 1 aliphatic heterocycles. The average molecular weight is 264 g/mol. The van der Waals surface area contributed by atoms with Crippen LogP contribution in [0.1, 0.15) is 30.6 Å². The van der Waals surface area contributed by atoms with Gasteiger partial charge in [0, 0.05) is 5.56 Å². The van der Waals surface area contributed by atoms with E-state index in [1.165, 1.54) is 6.42 Å². The highest BCUT2D eigenvalue weighted by atomic mass is 32.2. The van der Waals surface area contributed by atoms with Gasteiger partial charge in [0.2, 0.25) is 0 Å². The van der Waals surface area contributed by atoms with Gasteiger partial charge in [0.25, 0.3) is 0 Å². The van der Waals surface area contributed by atoms with Crippen molar-refractivity contribution >= 4 is 23.5 Å². The van der Waals surface area contributed by atoms with Crippen LogP contribution in [-0.4, -0.2) is 20.7 Å². The van der Waals surface area contributed by atoms with Crippen molar-refractivity contribution in [3.8, 4) is 12.3 Å². The number of rotatable bonds is 2. The SMILES string of the molecule is C#Cc1ccc(C(O)C2(C)SCCCS2)cc1. The molecule has 1 atom stereocenters. The molecule has 0 amide bonds. The lowest BCUT2D eigenvalue weighted by atomic mass is 10.0. The molecule has 1 nitrogen and oxygen atoms in total. The quantitative estimate of drug-likeness (QED) is 0.828. The largest absolute Gasteiger partial charge is 0.386 e. The topological polar surface area (TPSA) is 20.2 Å². The van der Waals surface area contributed by atoms with Gasteiger partial charge in [0.05, 0.1) is 4.08 Å². The van der Waals surface area contributed by atoms with Crippen LogP contribution in [0.3, 0.4) is 0 Å². The number of aliphatic hydroxyl groups excluding tert-OH is 1. The van der Waals surface area contributed by atoms with Gasteiger partial charge in [-0.05, 0) is 42.5 Å². The smallest absolute Gasteiger partial charge is 0.102 e.